The normalized spacial score (nSPS) is 11.2. The monoisotopic (exact) mass is 577 g/mol. The predicted molar refractivity (Wildman–Crippen MR) is 154 cm³/mol. The van der Waals surface area contributed by atoms with E-state index >= 15 is 0 Å². The molecule has 0 saturated heterocycles. The van der Waals surface area contributed by atoms with E-state index in [0.717, 1.165) is 0 Å². The summed E-state index contributed by atoms with van der Waals surface area (Å²) in [6.07, 6.45) is 1.47. The number of nitrogens with zero attached hydrogens (tertiary/aromatic N) is 3. The number of rotatable bonds is 6. The topological polar surface area (TPSA) is 82.8 Å². The van der Waals surface area contributed by atoms with Crippen LogP contribution in [-0.2, 0) is 0 Å². The van der Waals surface area contributed by atoms with E-state index in [2.05, 4.69) is 10.1 Å². The minimum Gasteiger partial charge on any atom is -0.493 e. The van der Waals surface area contributed by atoms with Gasteiger partial charge in [0.15, 0.2) is 17.3 Å². The fourth-order valence-electron chi connectivity index (χ4n) is 3.79. The third kappa shape index (κ3) is 5.66. The highest BCUT2D eigenvalue weighted by molar-refractivity contribution is 6.36. The van der Waals surface area contributed by atoms with Gasteiger partial charge >= 0.3 is 5.97 Å². The van der Waals surface area contributed by atoms with Crippen LogP contribution in [0, 0.1) is 0 Å². The maximum atomic E-state index is 13.4. The molecule has 0 aliphatic carbocycles. The lowest BCUT2D eigenvalue weighted by atomic mass is 10.2. The van der Waals surface area contributed by atoms with E-state index in [1.54, 1.807) is 84.9 Å². The van der Waals surface area contributed by atoms with Crippen molar-refractivity contribution in [2.75, 3.05) is 7.11 Å². The van der Waals surface area contributed by atoms with Gasteiger partial charge in [0.2, 0.25) is 0 Å². The molecule has 1 aromatic heterocycles. The second-order valence-electron chi connectivity index (χ2n) is 8.24. The second-order valence-corrected chi connectivity index (χ2v) is 9.53. The molecular formula is C29H18Cl3N3O4. The molecule has 0 unspecified atom stereocenters. The van der Waals surface area contributed by atoms with Crippen LogP contribution in [0.4, 0.5) is 0 Å². The van der Waals surface area contributed by atoms with Crippen LogP contribution >= 0.6 is 34.8 Å². The number of fused-ring (bicyclic) bond motifs is 1. The molecule has 5 rings (SSSR count). The first-order chi connectivity index (χ1) is 18.8. The fourth-order valence-corrected chi connectivity index (χ4v) is 4.41. The second kappa shape index (κ2) is 11.3. The maximum absolute atomic E-state index is 13.4. The lowest BCUT2D eigenvalue weighted by Gasteiger charge is -2.12. The molecule has 39 heavy (non-hydrogen) atoms. The summed E-state index contributed by atoms with van der Waals surface area (Å²) in [7, 11) is 1.45. The number of ether oxygens (including phenoxy) is 2. The van der Waals surface area contributed by atoms with Crippen LogP contribution in [-0.4, -0.2) is 29.0 Å². The van der Waals surface area contributed by atoms with Crippen molar-refractivity contribution in [1.82, 2.24) is 9.66 Å². The number of carbonyl (C=O) groups excluding carboxylic acids is 1. The Hall–Kier alpha value is -4.17. The number of esters is 1. The van der Waals surface area contributed by atoms with Gasteiger partial charge in [-0.2, -0.15) is 9.78 Å². The Morgan fingerprint density at radius 2 is 1.64 bits per heavy atom. The van der Waals surface area contributed by atoms with Gasteiger partial charge in [-0.1, -0.05) is 46.9 Å². The van der Waals surface area contributed by atoms with Crippen molar-refractivity contribution in [3.63, 3.8) is 0 Å². The number of benzene rings is 4. The zero-order chi connectivity index (χ0) is 27.5. The Bertz CT molecular complexity index is 1800. The van der Waals surface area contributed by atoms with E-state index in [1.807, 2.05) is 0 Å². The van der Waals surface area contributed by atoms with Crippen LogP contribution in [0.25, 0.3) is 22.3 Å². The summed E-state index contributed by atoms with van der Waals surface area (Å²) in [6.45, 7) is 0. The zero-order valence-corrected chi connectivity index (χ0v) is 22.5. The quantitative estimate of drug-likeness (QED) is 0.122. The maximum Gasteiger partial charge on any atom is 0.343 e. The summed E-state index contributed by atoms with van der Waals surface area (Å²) >= 11 is 18.4. The molecule has 4 aromatic carbocycles. The van der Waals surface area contributed by atoms with Gasteiger partial charge in [-0.25, -0.2) is 9.78 Å². The molecule has 0 saturated carbocycles. The number of halogens is 3. The van der Waals surface area contributed by atoms with Crippen molar-refractivity contribution in [3.8, 4) is 22.9 Å². The number of methoxy groups -OCH3 is 1. The number of aromatic nitrogens is 2. The molecule has 0 bridgehead atoms. The summed E-state index contributed by atoms with van der Waals surface area (Å²) in [5, 5.41) is 6.11. The van der Waals surface area contributed by atoms with Gasteiger partial charge in [0.25, 0.3) is 5.56 Å². The minimum atomic E-state index is -0.565. The number of carbonyl (C=O) groups is 1. The van der Waals surface area contributed by atoms with E-state index in [9.17, 15) is 9.59 Å². The van der Waals surface area contributed by atoms with Crippen LogP contribution < -0.4 is 15.0 Å². The standard InChI is InChI=1S/C29H18Cl3N3O4/c1-38-26-14-17(6-13-25(26)39-29(37)18-7-9-19(30)10-8-18)16-33-35-27(21-12-11-20(31)15-23(21)32)34-24-5-3-2-4-22(24)28(35)36/h2-16H,1H3. The summed E-state index contributed by atoms with van der Waals surface area (Å²) < 4.78 is 12.1. The average Bonchev–Trinajstić information content (AvgIpc) is 2.93. The fraction of sp³-hybridized carbons (Fsp3) is 0.0345. The third-order valence-electron chi connectivity index (χ3n) is 5.72. The summed E-state index contributed by atoms with van der Waals surface area (Å²) in [5.41, 5.74) is 1.53. The van der Waals surface area contributed by atoms with E-state index in [-0.39, 0.29) is 17.1 Å². The number of hydrogen-bond acceptors (Lipinski definition) is 6. The molecule has 0 aliphatic heterocycles. The van der Waals surface area contributed by atoms with Gasteiger partial charge in [0.1, 0.15) is 0 Å². The SMILES string of the molecule is COc1cc(C=Nn2c(-c3ccc(Cl)cc3Cl)nc3ccccc3c2=O)ccc1OC(=O)c1ccc(Cl)cc1. The molecule has 0 atom stereocenters. The molecule has 1 heterocycles. The van der Waals surface area contributed by atoms with E-state index < -0.39 is 5.97 Å². The van der Waals surface area contributed by atoms with Crippen LogP contribution in [0.5, 0.6) is 11.5 Å². The number of hydrogen-bond donors (Lipinski definition) is 0. The minimum absolute atomic E-state index is 0.216. The van der Waals surface area contributed by atoms with E-state index in [4.69, 9.17) is 44.3 Å². The van der Waals surface area contributed by atoms with Crippen LogP contribution in [0.1, 0.15) is 15.9 Å². The highest BCUT2D eigenvalue weighted by Crippen LogP contribution is 2.31. The predicted octanol–water partition coefficient (Wildman–Crippen LogP) is 7.13. The molecular weight excluding hydrogens is 561 g/mol. The lowest BCUT2D eigenvalue weighted by molar-refractivity contribution is 0.0729. The Labute approximate surface area is 237 Å². The van der Waals surface area contributed by atoms with Crippen molar-refractivity contribution in [2.24, 2.45) is 5.10 Å². The lowest BCUT2D eigenvalue weighted by Crippen LogP contribution is -2.20. The van der Waals surface area contributed by atoms with Crippen molar-refractivity contribution in [1.29, 1.82) is 0 Å². The van der Waals surface area contributed by atoms with Gasteiger partial charge in [0, 0.05) is 15.6 Å². The first-order valence-corrected chi connectivity index (χ1v) is 12.6. The van der Waals surface area contributed by atoms with Gasteiger partial charge in [-0.15, -0.1) is 0 Å². The average molecular weight is 579 g/mol. The molecule has 5 aromatic rings. The van der Waals surface area contributed by atoms with Crippen molar-refractivity contribution < 1.29 is 14.3 Å². The summed E-state index contributed by atoms with van der Waals surface area (Å²) in [4.78, 5) is 30.6. The molecule has 194 valence electrons. The highest BCUT2D eigenvalue weighted by atomic mass is 35.5. The molecule has 0 fully saturated rings. The van der Waals surface area contributed by atoms with E-state index in [1.165, 1.54) is 18.0 Å². The Morgan fingerprint density at radius 1 is 0.897 bits per heavy atom. The van der Waals surface area contributed by atoms with Crippen LogP contribution in [0.15, 0.2) is 94.8 Å². The molecule has 0 aliphatic rings. The van der Waals surface area contributed by atoms with Gasteiger partial charge in [-0.3, -0.25) is 4.79 Å². The van der Waals surface area contributed by atoms with E-state index in [0.29, 0.717) is 48.4 Å². The zero-order valence-electron chi connectivity index (χ0n) is 20.3. The van der Waals surface area contributed by atoms with Crippen LogP contribution in [0.2, 0.25) is 15.1 Å². The third-order valence-corrected chi connectivity index (χ3v) is 6.52. The smallest absolute Gasteiger partial charge is 0.343 e. The molecule has 0 amide bonds. The molecule has 7 nitrogen and oxygen atoms in total. The Kier molecular flexibility index (Phi) is 7.65. The number of para-hydroxylation sites is 1. The van der Waals surface area contributed by atoms with Crippen molar-refractivity contribution >= 4 is 57.9 Å². The van der Waals surface area contributed by atoms with Gasteiger partial charge in [0.05, 0.1) is 34.8 Å². The molecule has 0 radical (unpaired) electrons. The van der Waals surface area contributed by atoms with Crippen molar-refractivity contribution in [3.05, 3.63) is 121 Å². The van der Waals surface area contributed by atoms with Crippen LogP contribution in [0.3, 0.4) is 0 Å². The Balaban J connectivity index is 1.52. The largest absolute Gasteiger partial charge is 0.493 e. The first kappa shape index (κ1) is 26.4. The first-order valence-electron chi connectivity index (χ1n) is 11.5. The molecule has 0 N–H and O–H groups in total. The van der Waals surface area contributed by atoms with Crippen molar-refractivity contribution in [2.45, 2.75) is 0 Å². The summed E-state index contributed by atoms with van der Waals surface area (Å²) in [5.74, 6) is 0.195. The molecule has 0 spiro atoms. The highest BCUT2D eigenvalue weighted by Gasteiger charge is 2.16. The summed E-state index contributed by atoms with van der Waals surface area (Å²) in [6, 6.07) is 23.1. The molecule has 10 heteroatoms. The Morgan fingerprint density at radius 3 is 2.38 bits per heavy atom. The van der Waals surface area contributed by atoms with Gasteiger partial charge < -0.3 is 9.47 Å². The van der Waals surface area contributed by atoms with Gasteiger partial charge in [-0.05, 0) is 78.4 Å².